The highest BCUT2D eigenvalue weighted by molar-refractivity contribution is 7.89. The van der Waals surface area contributed by atoms with E-state index in [9.17, 15) is 22.4 Å². The molecule has 1 aromatic heterocycles. The zero-order valence-electron chi connectivity index (χ0n) is 16.4. The lowest BCUT2D eigenvalue weighted by Crippen LogP contribution is -2.40. The first kappa shape index (κ1) is 22.6. The standard InChI is InChI=1S/C19H24FN3O5S/c1-19(2,3)23-29(26,27)16-9-8-15(28-16)18(25)22-11-13(17(21)24)10-12-4-6-14(20)7-5-12/h4-9,13,23H,10-11H2,1-3H3,(H2,21,24)(H,22,25). The Hall–Kier alpha value is -2.72. The molecule has 0 aliphatic heterocycles. The summed E-state index contributed by atoms with van der Waals surface area (Å²) in [5.41, 5.74) is 5.35. The first-order chi connectivity index (χ1) is 13.4. The van der Waals surface area contributed by atoms with Crippen molar-refractivity contribution >= 4 is 21.8 Å². The Morgan fingerprint density at radius 2 is 1.76 bits per heavy atom. The van der Waals surface area contributed by atoms with E-state index in [0.29, 0.717) is 5.56 Å². The fourth-order valence-electron chi connectivity index (χ4n) is 2.52. The largest absolute Gasteiger partial charge is 0.438 e. The maximum absolute atomic E-state index is 13.0. The lowest BCUT2D eigenvalue weighted by molar-refractivity contribution is -0.121. The smallest absolute Gasteiger partial charge is 0.287 e. The molecule has 2 rings (SSSR count). The summed E-state index contributed by atoms with van der Waals surface area (Å²) < 4.78 is 45.1. The van der Waals surface area contributed by atoms with Crippen LogP contribution in [0.1, 0.15) is 36.9 Å². The zero-order chi connectivity index (χ0) is 21.8. The van der Waals surface area contributed by atoms with Gasteiger partial charge in [0, 0.05) is 12.1 Å². The van der Waals surface area contributed by atoms with E-state index in [-0.39, 0.29) is 18.7 Å². The van der Waals surface area contributed by atoms with E-state index >= 15 is 0 Å². The van der Waals surface area contributed by atoms with Gasteiger partial charge in [-0.05, 0) is 57.0 Å². The molecule has 1 atom stereocenters. The second kappa shape index (κ2) is 8.75. The van der Waals surface area contributed by atoms with Crippen LogP contribution in [0, 0.1) is 11.7 Å². The average Bonchev–Trinajstić information content (AvgIpc) is 3.09. The van der Waals surface area contributed by atoms with Crippen LogP contribution < -0.4 is 15.8 Å². The van der Waals surface area contributed by atoms with Gasteiger partial charge in [-0.1, -0.05) is 12.1 Å². The first-order valence-corrected chi connectivity index (χ1v) is 10.3. The Bertz CT molecular complexity index is 978. The Morgan fingerprint density at radius 1 is 1.14 bits per heavy atom. The minimum absolute atomic E-state index is 0.0887. The van der Waals surface area contributed by atoms with E-state index in [1.54, 1.807) is 20.8 Å². The highest BCUT2D eigenvalue weighted by atomic mass is 32.2. The molecule has 0 fully saturated rings. The van der Waals surface area contributed by atoms with Crippen molar-refractivity contribution in [2.45, 2.75) is 37.8 Å². The number of nitrogens with two attached hydrogens (primary N) is 1. The van der Waals surface area contributed by atoms with Crippen LogP contribution in [0.3, 0.4) is 0 Å². The topological polar surface area (TPSA) is 132 Å². The second-order valence-electron chi connectivity index (χ2n) is 7.61. The van der Waals surface area contributed by atoms with Gasteiger partial charge in [-0.3, -0.25) is 9.59 Å². The van der Waals surface area contributed by atoms with Crippen LogP contribution in [0.25, 0.3) is 0 Å². The molecule has 2 aromatic rings. The number of sulfonamides is 1. The summed E-state index contributed by atoms with van der Waals surface area (Å²) in [6, 6.07) is 7.99. The van der Waals surface area contributed by atoms with Crippen LogP contribution in [0.5, 0.6) is 0 Å². The predicted molar refractivity (Wildman–Crippen MR) is 104 cm³/mol. The molecule has 0 aliphatic carbocycles. The van der Waals surface area contributed by atoms with Crippen molar-refractivity contribution in [2.75, 3.05) is 6.54 Å². The van der Waals surface area contributed by atoms with Crippen LogP contribution in [-0.2, 0) is 21.2 Å². The lowest BCUT2D eigenvalue weighted by atomic mass is 9.98. The van der Waals surface area contributed by atoms with Gasteiger partial charge in [0.2, 0.25) is 11.0 Å². The number of furan rings is 1. The summed E-state index contributed by atoms with van der Waals surface area (Å²) in [7, 11) is -3.92. The van der Waals surface area contributed by atoms with Crippen LogP contribution >= 0.6 is 0 Å². The third kappa shape index (κ3) is 6.68. The van der Waals surface area contributed by atoms with Gasteiger partial charge >= 0.3 is 0 Å². The molecule has 4 N–H and O–H groups in total. The van der Waals surface area contributed by atoms with Crippen molar-refractivity contribution in [1.82, 2.24) is 10.0 Å². The number of carbonyl (C=O) groups is 2. The van der Waals surface area contributed by atoms with Gasteiger partial charge in [-0.2, -0.15) is 0 Å². The van der Waals surface area contributed by atoms with Crippen molar-refractivity contribution in [1.29, 1.82) is 0 Å². The molecule has 1 unspecified atom stereocenters. The molecule has 1 heterocycles. The lowest BCUT2D eigenvalue weighted by Gasteiger charge is -2.19. The molecule has 0 bridgehead atoms. The van der Waals surface area contributed by atoms with Crippen LogP contribution in [-0.4, -0.2) is 32.3 Å². The first-order valence-electron chi connectivity index (χ1n) is 8.83. The number of primary amides is 1. The van der Waals surface area contributed by atoms with E-state index in [0.717, 1.165) is 0 Å². The third-order valence-corrected chi connectivity index (χ3v) is 5.45. The van der Waals surface area contributed by atoms with Gasteiger partial charge in [0.15, 0.2) is 5.76 Å². The van der Waals surface area contributed by atoms with E-state index < -0.39 is 44.2 Å². The molecule has 29 heavy (non-hydrogen) atoms. The van der Waals surface area contributed by atoms with Gasteiger partial charge in [-0.25, -0.2) is 17.5 Å². The molecule has 0 saturated heterocycles. The van der Waals surface area contributed by atoms with Crippen LogP contribution in [0.2, 0.25) is 0 Å². The number of benzene rings is 1. The number of amides is 2. The monoisotopic (exact) mass is 425 g/mol. The minimum Gasteiger partial charge on any atom is -0.438 e. The van der Waals surface area contributed by atoms with Gasteiger partial charge in [-0.15, -0.1) is 0 Å². The van der Waals surface area contributed by atoms with Gasteiger partial charge < -0.3 is 15.5 Å². The van der Waals surface area contributed by atoms with E-state index in [4.69, 9.17) is 10.2 Å². The summed E-state index contributed by atoms with van der Waals surface area (Å²) in [6.45, 7) is 4.93. The van der Waals surface area contributed by atoms with Crippen LogP contribution in [0.15, 0.2) is 45.9 Å². The molecule has 158 valence electrons. The molecular weight excluding hydrogens is 401 g/mol. The molecule has 1 aromatic carbocycles. The third-order valence-electron chi connectivity index (χ3n) is 3.82. The van der Waals surface area contributed by atoms with Gasteiger partial charge in [0.25, 0.3) is 15.9 Å². The molecule has 0 spiro atoms. The fourth-order valence-corrected chi connectivity index (χ4v) is 3.87. The van der Waals surface area contributed by atoms with Gasteiger partial charge in [0.1, 0.15) is 5.82 Å². The second-order valence-corrected chi connectivity index (χ2v) is 9.23. The predicted octanol–water partition coefficient (Wildman–Crippen LogP) is 1.57. The summed E-state index contributed by atoms with van der Waals surface area (Å²) in [5, 5.41) is 2.11. The minimum atomic E-state index is -3.92. The molecule has 0 aliphatic rings. The molecule has 8 nitrogen and oxygen atoms in total. The Kier molecular flexibility index (Phi) is 6.81. The van der Waals surface area contributed by atoms with Crippen LogP contribution in [0.4, 0.5) is 4.39 Å². The van der Waals surface area contributed by atoms with E-state index in [2.05, 4.69) is 10.0 Å². The molecular formula is C19H24FN3O5S. The molecule has 0 saturated carbocycles. The van der Waals surface area contributed by atoms with Crippen molar-refractivity contribution in [3.63, 3.8) is 0 Å². The Morgan fingerprint density at radius 3 is 2.31 bits per heavy atom. The molecule has 2 amide bonds. The number of hydrogen-bond acceptors (Lipinski definition) is 5. The maximum Gasteiger partial charge on any atom is 0.287 e. The number of halogens is 1. The molecule has 10 heteroatoms. The summed E-state index contributed by atoms with van der Waals surface area (Å²) in [4.78, 5) is 23.9. The normalized spacial score (nSPS) is 13.1. The highest BCUT2D eigenvalue weighted by Crippen LogP contribution is 2.17. The SMILES string of the molecule is CC(C)(C)NS(=O)(=O)c1ccc(C(=O)NCC(Cc2ccc(F)cc2)C(N)=O)o1. The van der Waals surface area contributed by atoms with Crippen molar-refractivity contribution in [2.24, 2.45) is 11.7 Å². The quantitative estimate of drug-likeness (QED) is 0.591. The van der Waals surface area contributed by atoms with E-state index in [1.807, 2.05) is 0 Å². The molecule has 0 radical (unpaired) electrons. The highest BCUT2D eigenvalue weighted by Gasteiger charge is 2.26. The van der Waals surface area contributed by atoms with E-state index in [1.165, 1.54) is 36.4 Å². The summed E-state index contributed by atoms with van der Waals surface area (Å²) >= 11 is 0. The Labute approximate surface area is 168 Å². The van der Waals surface area contributed by atoms with Gasteiger partial charge in [0.05, 0.1) is 5.92 Å². The van der Waals surface area contributed by atoms with Crippen molar-refractivity contribution in [3.05, 3.63) is 53.5 Å². The summed E-state index contributed by atoms with van der Waals surface area (Å²) in [5.74, 6) is -2.67. The number of nitrogens with one attached hydrogen (secondary N) is 2. The van der Waals surface area contributed by atoms with Crippen molar-refractivity contribution < 1.29 is 26.8 Å². The number of rotatable bonds is 8. The fraction of sp³-hybridized carbons (Fsp3) is 0.368. The number of carbonyl (C=O) groups excluding carboxylic acids is 2. The Balaban J connectivity index is 2.03. The summed E-state index contributed by atoms with van der Waals surface area (Å²) in [6.07, 6.45) is 0.211. The average molecular weight is 425 g/mol. The maximum atomic E-state index is 13.0. The number of hydrogen-bond donors (Lipinski definition) is 3. The van der Waals surface area contributed by atoms with Crippen molar-refractivity contribution in [3.8, 4) is 0 Å². The zero-order valence-corrected chi connectivity index (χ0v) is 17.2.